The predicted molar refractivity (Wildman–Crippen MR) is 77.9 cm³/mol. The van der Waals surface area contributed by atoms with E-state index in [-0.39, 0.29) is 0 Å². The molecule has 2 N–H and O–H groups in total. The first-order valence-corrected chi connectivity index (χ1v) is 6.46. The van der Waals surface area contributed by atoms with Gasteiger partial charge in [0.05, 0.1) is 17.4 Å². The summed E-state index contributed by atoms with van der Waals surface area (Å²) in [5.41, 5.74) is 11.6. The summed E-state index contributed by atoms with van der Waals surface area (Å²) in [6.07, 6.45) is 1.90. The minimum Gasteiger partial charge on any atom is -0.326 e. The highest BCUT2D eigenvalue weighted by Gasteiger charge is 2.04. The molecule has 1 aromatic heterocycles. The Balaban J connectivity index is 1.97. The average Bonchev–Trinajstić information content (AvgIpc) is 2.84. The van der Waals surface area contributed by atoms with Gasteiger partial charge >= 0.3 is 0 Å². The highest BCUT2D eigenvalue weighted by atomic mass is 15.0. The summed E-state index contributed by atoms with van der Waals surface area (Å²) in [6, 6.07) is 14.6. The Morgan fingerprint density at radius 2 is 2.00 bits per heavy atom. The predicted octanol–water partition coefficient (Wildman–Crippen LogP) is 2.85. The van der Waals surface area contributed by atoms with Crippen LogP contribution < -0.4 is 5.73 Å². The van der Waals surface area contributed by atoms with Crippen LogP contribution in [0.1, 0.15) is 16.7 Å². The summed E-state index contributed by atoms with van der Waals surface area (Å²) < 4.78 is 2.18. The number of hydrogen-bond acceptors (Lipinski definition) is 2. The molecule has 0 amide bonds. The Morgan fingerprint density at radius 1 is 1.16 bits per heavy atom. The molecule has 2 aromatic carbocycles. The zero-order chi connectivity index (χ0) is 13.2. The largest absolute Gasteiger partial charge is 0.326 e. The molecule has 0 aliphatic heterocycles. The molecule has 3 nitrogen and oxygen atoms in total. The zero-order valence-electron chi connectivity index (χ0n) is 11.0. The molecular weight excluding hydrogens is 234 g/mol. The molecule has 0 aliphatic rings. The molecule has 0 fully saturated rings. The number of hydrogen-bond donors (Lipinski definition) is 1. The molecular formula is C16H17N3. The van der Waals surface area contributed by atoms with Crippen LogP contribution in [0.5, 0.6) is 0 Å². The Kier molecular flexibility index (Phi) is 3.05. The monoisotopic (exact) mass is 251 g/mol. The molecule has 3 rings (SSSR count). The molecule has 0 saturated heterocycles. The van der Waals surface area contributed by atoms with E-state index in [1.807, 2.05) is 24.5 Å². The summed E-state index contributed by atoms with van der Waals surface area (Å²) in [5, 5.41) is 0. The van der Waals surface area contributed by atoms with Crippen LogP contribution in [0.2, 0.25) is 0 Å². The molecule has 3 aromatic rings. The number of fused-ring (bicyclic) bond motifs is 1. The van der Waals surface area contributed by atoms with E-state index in [2.05, 4.69) is 40.7 Å². The van der Waals surface area contributed by atoms with Crippen molar-refractivity contribution < 1.29 is 0 Å². The van der Waals surface area contributed by atoms with Gasteiger partial charge in [-0.2, -0.15) is 0 Å². The Bertz CT molecular complexity index is 713. The zero-order valence-corrected chi connectivity index (χ0v) is 11.0. The lowest BCUT2D eigenvalue weighted by molar-refractivity contribution is 0.817. The lowest BCUT2D eigenvalue weighted by atomic mass is 10.0. The molecule has 0 saturated carbocycles. The SMILES string of the molecule is Cc1cc(CN)ccc1Cn1cnc2ccccc21. The van der Waals surface area contributed by atoms with Crippen LogP contribution >= 0.6 is 0 Å². The van der Waals surface area contributed by atoms with Crippen molar-refractivity contribution >= 4 is 11.0 Å². The van der Waals surface area contributed by atoms with Crippen LogP contribution in [-0.2, 0) is 13.1 Å². The maximum absolute atomic E-state index is 5.66. The van der Waals surface area contributed by atoms with Gasteiger partial charge in [-0.3, -0.25) is 0 Å². The third-order valence-corrected chi connectivity index (χ3v) is 3.51. The Labute approximate surface area is 112 Å². The molecule has 0 bridgehead atoms. The van der Waals surface area contributed by atoms with Crippen molar-refractivity contribution in [1.82, 2.24) is 9.55 Å². The Morgan fingerprint density at radius 3 is 2.79 bits per heavy atom. The maximum Gasteiger partial charge on any atom is 0.0961 e. The number of para-hydroxylation sites is 2. The van der Waals surface area contributed by atoms with Crippen LogP contribution in [0, 0.1) is 6.92 Å². The molecule has 0 spiro atoms. The normalized spacial score (nSPS) is 11.1. The topological polar surface area (TPSA) is 43.8 Å². The van der Waals surface area contributed by atoms with Crippen molar-refractivity contribution in [3.05, 3.63) is 65.5 Å². The summed E-state index contributed by atoms with van der Waals surface area (Å²) in [6.45, 7) is 3.57. The van der Waals surface area contributed by atoms with Gasteiger partial charge in [-0.05, 0) is 35.7 Å². The van der Waals surface area contributed by atoms with Gasteiger partial charge in [-0.15, -0.1) is 0 Å². The van der Waals surface area contributed by atoms with Crippen LogP contribution in [0.3, 0.4) is 0 Å². The Hall–Kier alpha value is -2.13. The van der Waals surface area contributed by atoms with Crippen LogP contribution in [0.25, 0.3) is 11.0 Å². The molecule has 0 unspecified atom stereocenters. The second-order valence-corrected chi connectivity index (χ2v) is 4.83. The summed E-state index contributed by atoms with van der Waals surface area (Å²) in [7, 11) is 0. The van der Waals surface area contributed by atoms with Crippen molar-refractivity contribution in [1.29, 1.82) is 0 Å². The highest BCUT2D eigenvalue weighted by molar-refractivity contribution is 5.75. The first-order valence-electron chi connectivity index (χ1n) is 6.46. The van der Waals surface area contributed by atoms with E-state index in [1.165, 1.54) is 22.2 Å². The highest BCUT2D eigenvalue weighted by Crippen LogP contribution is 2.17. The number of rotatable bonds is 3. The fourth-order valence-corrected chi connectivity index (χ4v) is 2.38. The number of nitrogens with zero attached hydrogens (tertiary/aromatic N) is 2. The van der Waals surface area contributed by atoms with Crippen LogP contribution in [0.15, 0.2) is 48.8 Å². The van der Waals surface area contributed by atoms with Crippen LogP contribution in [-0.4, -0.2) is 9.55 Å². The third kappa shape index (κ3) is 2.25. The van der Waals surface area contributed by atoms with Gasteiger partial charge in [0, 0.05) is 13.1 Å². The van der Waals surface area contributed by atoms with Gasteiger partial charge < -0.3 is 10.3 Å². The number of aromatic nitrogens is 2. The molecule has 1 heterocycles. The molecule has 0 radical (unpaired) electrons. The third-order valence-electron chi connectivity index (χ3n) is 3.51. The summed E-state index contributed by atoms with van der Waals surface area (Å²) in [5.74, 6) is 0. The van der Waals surface area contributed by atoms with Gasteiger partial charge in [0.1, 0.15) is 0 Å². The number of aryl methyl sites for hydroxylation is 1. The quantitative estimate of drug-likeness (QED) is 0.778. The molecule has 3 heteroatoms. The van der Waals surface area contributed by atoms with Crippen LogP contribution in [0.4, 0.5) is 0 Å². The first-order chi connectivity index (χ1) is 9.28. The van der Waals surface area contributed by atoms with Gasteiger partial charge in [0.2, 0.25) is 0 Å². The summed E-state index contributed by atoms with van der Waals surface area (Å²) >= 11 is 0. The van der Waals surface area contributed by atoms with Gasteiger partial charge in [-0.1, -0.05) is 30.3 Å². The fourth-order valence-electron chi connectivity index (χ4n) is 2.38. The van der Waals surface area contributed by atoms with Gasteiger partial charge in [-0.25, -0.2) is 4.98 Å². The van der Waals surface area contributed by atoms with E-state index in [9.17, 15) is 0 Å². The minimum atomic E-state index is 0.592. The number of benzene rings is 2. The minimum absolute atomic E-state index is 0.592. The van der Waals surface area contributed by atoms with Crippen molar-refractivity contribution in [2.75, 3.05) is 0 Å². The van der Waals surface area contributed by atoms with Gasteiger partial charge in [0.25, 0.3) is 0 Å². The fraction of sp³-hybridized carbons (Fsp3) is 0.188. The lowest BCUT2D eigenvalue weighted by Crippen LogP contribution is -2.02. The van der Waals surface area contributed by atoms with E-state index in [0.29, 0.717) is 6.54 Å². The molecule has 0 aliphatic carbocycles. The number of nitrogens with two attached hydrogens (primary N) is 1. The van der Waals surface area contributed by atoms with Crippen molar-refractivity contribution in [2.24, 2.45) is 5.73 Å². The smallest absolute Gasteiger partial charge is 0.0961 e. The van der Waals surface area contributed by atoms with Crippen molar-refractivity contribution in [3.8, 4) is 0 Å². The second-order valence-electron chi connectivity index (χ2n) is 4.83. The molecule has 96 valence electrons. The van der Waals surface area contributed by atoms with Crippen molar-refractivity contribution in [2.45, 2.75) is 20.0 Å². The average molecular weight is 251 g/mol. The number of imidazole rings is 1. The van der Waals surface area contributed by atoms with E-state index in [0.717, 1.165) is 12.1 Å². The van der Waals surface area contributed by atoms with Crippen molar-refractivity contribution in [3.63, 3.8) is 0 Å². The second kappa shape index (κ2) is 4.86. The van der Waals surface area contributed by atoms with E-state index < -0.39 is 0 Å². The molecule has 19 heavy (non-hydrogen) atoms. The maximum atomic E-state index is 5.66. The van der Waals surface area contributed by atoms with E-state index in [1.54, 1.807) is 0 Å². The summed E-state index contributed by atoms with van der Waals surface area (Å²) in [4.78, 5) is 4.42. The standard InChI is InChI=1S/C16H17N3/c1-12-8-13(9-17)6-7-14(12)10-19-11-18-15-4-2-3-5-16(15)19/h2-8,11H,9-10,17H2,1H3. The van der Waals surface area contributed by atoms with E-state index in [4.69, 9.17) is 5.73 Å². The first kappa shape index (κ1) is 11.9. The molecule has 0 atom stereocenters. The lowest BCUT2D eigenvalue weighted by Gasteiger charge is -2.09. The van der Waals surface area contributed by atoms with Gasteiger partial charge in [0.15, 0.2) is 0 Å². The van der Waals surface area contributed by atoms with E-state index >= 15 is 0 Å².